The van der Waals surface area contributed by atoms with Crippen molar-refractivity contribution in [3.63, 3.8) is 0 Å². The minimum atomic E-state index is -1.41. The molecule has 2 rings (SSSR count). The highest BCUT2D eigenvalue weighted by Crippen LogP contribution is 2.27. The first-order valence-corrected chi connectivity index (χ1v) is 4.85. The Hall–Kier alpha value is -1.55. The predicted octanol–water partition coefficient (Wildman–Crippen LogP) is -3.46. The summed E-state index contributed by atoms with van der Waals surface area (Å²) in [5.41, 5.74) is -1.55. The summed E-state index contributed by atoms with van der Waals surface area (Å²) in [4.78, 5) is 24.1. The summed E-state index contributed by atoms with van der Waals surface area (Å²) in [5, 5.41) is 31.5. The quantitative estimate of drug-likeness (QED) is 0.425. The molecule has 1 aliphatic heterocycles. The number of aliphatic hydroxyl groups excluding tert-OH is 3. The lowest BCUT2D eigenvalue weighted by Gasteiger charge is -2.14. The topological polar surface area (TPSA) is 138 Å². The lowest BCUT2D eigenvalue weighted by atomic mass is 10.1. The molecule has 17 heavy (non-hydrogen) atoms. The van der Waals surface area contributed by atoms with Crippen molar-refractivity contribution in [3.05, 3.63) is 27.0 Å². The SMILES string of the molecule is O=c1cnn([C@H]2O[C@H](CO)[C@@H](O)[C@@H]2O)c(=O)[nH]1. The summed E-state index contributed by atoms with van der Waals surface area (Å²) < 4.78 is 5.77. The monoisotopic (exact) mass is 245 g/mol. The van der Waals surface area contributed by atoms with E-state index in [4.69, 9.17) is 9.84 Å². The summed E-state index contributed by atoms with van der Waals surface area (Å²) in [6.07, 6.45) is -4.15. The molecule has 9 nitrogen and oxygen atoms in total. The van der Waals surface area contributed by atoms with Crippen LogP contribution in [0.5, 0.6) is 0 Å². The van der Waals surface area contributed by atoms with Crippen molar-refractivity contribution in [2.24, 2.45) is 0 Å². The van der Waals surface area contributed by atoms with Crippen LogP contribution in [0.25, 0.3) is 0 Å². The summed E-state index contributed by atoms with van der Waals surface area (Å²) in [7, 11) is 0. The van der Waals surface area contributed by atoms with Crippen LogP contribution < -0.4 is 11.2 Å². The Morgan fingerprint density at radius 3 is 2.65 bits per heavy atom. The Morgan fingerprint density at radius 2 is 2.12 bits per heavy atom. The number of nitrogens with zero attached hydrogens (tertiary/aromatic N) is 2. The molecule has 9 heteroatoms. The third kappa shape index (κ3) is 2.00. The highest BCUT2D eigenvalue weighted by atomic mass is 16.6. The minimum Gasteiger partial charge on any atom is -0.394 e. The molecular weight excluding hydrogens is 234 g/mol. The molecule has 1 aliphatic rings. The normalized spacial score (nSPS) is 32.9. The molecule has 0 radical (unpaired) electrons. The fourth-order valence-electron chi connectivity index (χ4n) is 1.63. The molecule has 1 aromatic heterocycles. The molecule has 1 fully saturated rings. The Kier molecular flexibility index (Phi) is 3.07. The molecule has 0 unspecified atom stereocenters. The predicted molar refractivity (Wildman–Crippen MR) is 52.1 cm³/mol. The van der Waals surface area contributed by atoms with Gasteiger partial charge in [0.2, 0.25) is 0 Å². The van der Waals surface area contributed by atoms with Gasteiger partial charge < -0.3 is 20.1 Å². The fraction of sp³-hybridized carbons (Fsp3) is 0.625. The minimum absolute atomic E-state index is 0.507. The van der Waals surface area contributed by atoms with Crippen LogP contribution in [0.1, 0.15) is 6.23 Å². The number of rotatable bonds is 2. The van der Waals surface area contributed by atoms with E-state index in [1.807, 2.05) is 4.98 Å². The Morgan fingerprint density at radius 1 is 1.41 bits per heavy atom. The highest BCUT2D eigenvalue weighted by Gasteiger charge is 2.44. The number of aliphatic hydroxyl groups is 3. The Labute approximate surface area is 93.9 Å². The number of H-pyrrole nitrogens is 1. The summed E-state index contributed by atoms with van der Waals surface area (Å²) in [5.74, 6) is 0. The lowest BCUT2D eigenvalue weighted by Crippen LogP contribution is -2.39. The number of aromatic amines is 1. The van der Waals surface area contributed by atoms with Gasteiger partial charge in [-0.25, -0.2) is 4.79 Å². The van der Waals surface area contributed by atoms with Gasteiger partial charge in [-0.3, -0.25) is 9.78 Å². The molecule has 1 aromatic rings. The highest BCUT2D eigenvalue weighted by molar-refractivity contribution is 4.88. The van der Waals surface area contributed by atoms with E-state index in [-0.39, 0.29) is 0 Å². The van der Waals surface area contributed by atoms with Gasteiger partial charge in [0.05, 0.1) is 6.61 Å². The standard InChI is InChI=1S/C8H11N3O6/c12-2-3-5(14)6(15)7(17-3)11-8(16)10-4(13)1-9-11/h1,3,5-7,12,14-15H,2H2,(H,10,13,16)/t3-,5-,6+,7+/m1/s1. The van der Waals surface area contributed by atoms with E-state index in [0.29, 0.717) is 4.68 Å². The molecular formula is C8H11N3O6. The van der Waals surface area contributed by atoms with Crippen molar-refractivity contribution in [1.82, 2.24) is 14.8 Å². The second kappa shape index (κ2) is 4.37. The number of hydrogen-bond donors (Lipinski definition) is 4. The van der Waals surface area contributed by atoms with Crippen LogP contribution >= 0.6 is 0 Å². The van der Waals surface area contributed by atoms with E-state index in [9.17, 15) is 19.8 Å². The van der Waals surface area contributed by atoms with E-state index in [1.54, 1.807) is 0 Å². The first-order valence-electron chi connectivity index (χ1n) is 4.85. The van der Waals surface area contributed by atoms with Crippen molar-refractivity contribution >= 4 is 0 Å². The van der Waals surface area contributed by atoms with Gasteiger partial charge in [0.1, 0.15) is 24.5 Å². The van der Waals surface area contributed by atoms with E-state index in [2.05, 4.69) is 5.10 Å². The van der Waals surface area contributed by atoms with Gasteiger partial charge in [-0.15, -0.1) is 0 Å². The van der Waals surface area contributed by atoms with E-state index in [0.717, 1.165) is 6.20 Å². The molecule has 94 valence electrons. The first kappa shape index (κ1) is 11.9. The van der Waals surface area contributed by atoms with Crippen LogP contribution in [0.4, 0.5) is 0 Å². The molecule has 0 bridgehead atoms. The number of ether oxygens (including phenoxy) is 1. The van der Waals surface area contributed by atoms with E-state index in [1.165, 1.54) is 0 Å². The zero-order chi connectivity index (χ0) is 12.6. The third-order valence-corrected chi connectivity index (χ3v) is 2.50. The van der Waals surface area contributed by atoms with Crippen LogP contribution in [0.2, 0.25) is 0 Å². The molecule has 0 amide bonds. The summed E-state index contributed by atoms with van der Waals surface area (Å²) >= 11 is 0. The zero-order valence-corrected chi connectivity index (χ0v) is 8.55. The molecule has 1 saturated heterocycles. The maximum Gasteiger partial charge on any atom is 0.347 e. The average molecular weight is 245 g/mol. The van der Waals surface area contributed by atoms with Crippen LogP contribution in [-0.2, 0) is 4.74 Å². The Bertz CT molecular complexity index is 510. The van der Waals surface area contributed by atoms with E-state index >= 15 is 0 Å². The number of nitrogens with one attached hydrogen (secondary N) is 1. The average Bonchev–Trinajstić information content (AvgIpc) is 2.57. The second-order valence-electron chi connectivity index (χ2n) is 3.61. The van der Waals surface area contributed by atoms with Gasteiger partial charge in [0.25, 0.3) is 5.56 Å². The zero-order valence-electron chi connectivity index (χ0n) is 8.55. The molecule has 0 spiro atoms. The molecule has 4 atom stereocenters. The van der Waals surface area contributed by atoms with Gasteiger partial charge in [-0.05, 0) is 0 Å². The van der Waals surface area contributed by atoms with Crippen molar-refractivity contribution in [2.75, 3.05) is 6.61 Å². The smallest absolute Gasteiger partial charge is 0.347 e. The first-order chi connectivity index (χ1) is 8.04. The molecule has 0 aliphatic carbocycles. The summed E-state index contributed by atoms with van der Waals surface area (Å²) in [6, 6.07) is 0. The maximum atomic E-state index is 11.4. The van der Waals surface area contributed by atoms with Gasteiger partial charge >= 0.3 is 5.69 Å². The molecule has 0 aromatic carbocycles. The van der Waals surface area contributed by atoms with Gasteiger partial charge in [-0.1, -0.05) is 0 Å². The van der Waals surface area contributed by atoms with Crippen molar-refractivity contribution in [1.29, 1.82) is 0 Å². The van der Waals surface area contributed by atoms with Crippen molar-refractivity contribution in [3.8, 4) is 0 Å². The van der Waals surface area contributed by atoms with Crippen LogP contribution in [0.3, 0.4) is 0 Å². The van der Waals surface area contributed by atoms with Gasteiger partial charge in [0.15, 0.2) is 6.23 Å². The second-order valence-corrected chi connectivity index (χ2v) is 3.61. The van der Waals surface area contributed by atoms with Crippen LogP contribution in [0.15, 0.2) is 15.8 Å². The fourth-order valence-corrected chi connectivity index (χ4v) is 1.63. The van der Waals surface area contributed by atoms with Crippen LogP contribution in [0, 0.1) is 0 Å². The third-order valence-electron chi connectivity index (χ3n) is 2.50. The van der Waals surface area contributed by atoms with E-state index < -0.39 is 42.4 Å². The molecule has 0 saturated carbocycles. The molecule has 2 heterocycles. The van der Waals surface area contributed by atoms with Gasteiger partial charge in [-0.2, -0.15) is 9.78 Å². The summed E-state index contributed by atoms with van der Waals surface area (Å²) in [6.45, 7) is -0.507. The number of aromatic nitrogens is 3. The van der Waals surface area contributed by atoms with Crippen molar-refractivity contribution < 1.29 is 20.1 Å². The van der Waals surface area contributed by atoms with Crippen molar-refractivity contribution in [2.45, 2.75) is 24.5 Å². The van der Waals surface area contributed by atoms with Gasteiger partial charge in [0, 0.05) is 0 Å². The Balaban J connectivity index is 2.35. The van der Waals surface area contributed by atoms with Crippen LogP contribution in [-0.4, -0.2) is 55.0 Å². The maximum absolute atomic E-state index is 11.4. The largest absolute Gasteiger partial charge is 0.394 e. The number of hydrogen-bond acceptors (Lipinski definition) is 7. The lowest BCUT2D eigenvalue weighted by molar-refractivity contribution is -0.0618. The molecule has 4 N–H and O–H groups in total.